The Morgan fingerprint density at radius 1 is 1.19 bits per heavy atom. The van der Waals surface area contributed by atoms with Crippen LogP contribution in [-0.2, 0) is 5.60 Å². The Morgan fingerprint density at radius 2 is 1.89 bits per heavy atom. The molecule has 27 heavy (non-hydrogen) atoms. The van der Waals surface area contributed by atoms with Gasteiger partial charge >= 0.3 is 0 Å². The predicted octanol–water partition coefficient (Wildman–Crippen LogP) is 2.23. The molecule has 0 aliphatic carbocycles. The molecule has 1 fully saturated rings. The molecule has 1 saturated heterocycles. The van der Waals surface area contributed by atoms with Crippen molar-refractivity contribution in [2.24, 2.45) is 0 Å². The number of nitrogens with one attached hydrogen (secondary N) is 1. The van der Waals surface area contributed by atoms with Gasteiger partial charge in [0.25, 0.3) is 0 Å². The number of aryl methyl sites for hydroxylation is 1. The summed E-state index contributed by atoms with van der Waals surface area (Å²) in [5.74, 6) is 0.664. The van der Waals surface area contributed by atoms with E-state index in [1.807, 2.05) is 6.92 Å². The molecule has 6 heteroatoms. The SMILES string of the molecule is CCOc1ccc(C(O)(CC2(O)CCNCC2)c2ccc(O)c(C)c2)cn1. The van der Waals surface area contributed by atoms with Gasteiger partial charge in [0.05, 0.1) is 12.2 Å². The normalized spacial score (nSPS) is 18.7. The van der Waals surface area contributed by atoms with Crippen molar-refractivity contribution >= 4 is 0 Å². The van der Waals surface area contributed by atoms with Crippen molar-refractivity contribution in [2.45, 2.75) is 44.3 Å². The van der Waals surface area contributed by atoms with Crippen molar-refractivity contribution in [1.82, 2.24) is 10.3 Å². The minimum Gasteiger partial charge on any atom is -0.508 e. The van der Waals surface area contributed by atoms with E-state index in [0.29, 0.717) is 55.1 Å². The van der Waals surface area contributed by atoms with Crippen LogP contribution in [0.25, 0.3) is 0 Å². The van der Waals surface area contributed by atoms with E-state index in [-0.39, 0.29) is 12.2 Å². The molecule has 2 heterocycles. The average molecular weight is 372 g/mol. The lowest BCUT2D eigenvalue weighted by Gasteiger charge is -2.40. The maximum atomic E-state index is 11.8. The summed E-state index contributed by atoms with van der Waals surface area (Å²) >= 11 is 0. The lowest BCUT2D eigenvalue weighted by Crippen LogP contribution is -2.47. The molecule has 1 aromatic carbocycles. The number of aromatic hydroxyl groups is 1. The fourth-order valence-corrected chi connectivity index (χ4v) is 3.69. The van der Waals surface area contributed by atoms with E-state index in [1.165, 1.54) is 0 Å². The molecule has 1 atom stereocenters. The lowest BCUT2D eigenvalue weighted by atomic mass is 9.74. The van der Waals surface area contributed by atoms with Crippen LogP contribution in [0.5, 0.6) is 11.6 Å². The Balaban J connectivity index is 2.03. The van der Waals surface area contributed by atoms with Crippen LogP contribution in [0.1, 0.15) is 42.9 Å². The number of hydrogen-bond acceptors (Lipinski definition) is 6. The van der Waals surface area contributed by atoms with Gasteiger partial charge in [-0.1, -0.05) is 6.07 Å². The molecule has 0 saturated carbocycles. The third-order valence-electron chi connectivity index (χ3n) is 5.30. The van der Waals surface area contributed by atoms with Crippen LogP contribution in [0, 0.1) is 6.92 Å². The minimum atomic E-state index is -1.43. The van der Waals surface area contributed by atoms with Crippen molar-refractivity contribution in [1.29, 1.82) is 0 Å². The molecule has 4 N–H and O–H groups in total. The predicted molar refractivity (Wildman–Crippen MR) is 103 cm³/mol. The van der Waals surface area contributed by atoms with Gasteiger partial charge < -0.3 is 25.4 Å². The fraction of sp³-hybridized carbons (Fsp3) is 0.476. The Labute approximate surface area is 159 Å². The summed E-state index contributed by atoms with van der Waals surface area (Å²) in [5.41, 5.74) is -0.534. The van der Waals surface area contributed by atoms with Gasteiger partial charge in [-0.05, 0) is 69.1 Å². The first-order valence-electron chi connectivity index (χ1n) is 9.41. The first kappa shape index (κ1) is 19.6. The number of hydrogen-bond donors (Lipinski definition) is 4. The molecule has 3 rings (SSSR count). The van der Waals surface area contributed by atoms with Crippen LogP contribution in [0.4, 0.5) is 0 Å². The number of nitrogens with zero attached hydrogens (tertiary/aromatic N) is 1. The summed E-state index contributed by atoms with van der Waals surface area (Å²) in [5, 5.41) is 36.0. The maximum Gasteiger partial charge on any atom is 0.213 e. The van der Waals surface area contributed by atoms with Gasteiger partial charge in [-0.2, -0.15) is 0 Å². The van der Waals surface area contributed by atoms with E-state index < -0.39 is 11.2 Å². The lowest BCUT2D eigenvalue weighted by molar-refractivity contribution is -0.0640. The summed E-state index contributed by atoms with van der Waals surface area (Å²) < 4.78 is 5.40. The highest BCUT2D eigenvalue weighted by atomic mass is 16.5. The molecule has 1 aliphatic rings. The summed E-state index contributed by atoms with van der Waals surface area (Å²) in [4.78, 5) is 4.29. The second-order valence-electron chi connectivity index (χ2n) is 7.33. The first-order chi connectivity index (χ1) is 12.9. The van der Waals surface area contributed by atoms with Crippen molar-refractivity contribution < 1.29 is 20.1 Å². The van der Waals surface area contributed by atoms with Crippen LogP contribution in [0.15, 0.2) is 36.5 Å². The number of phenols is 1. The molecular formula is C21H28N2O4. The third kappa shape index (κ3) is 4.24. The topological polar surface area (TPSA) is 94.8 Å². The third-order valence-corrected chi connectivity index (χ3v) is 5.30. The van der Waals surface area contributed by atoms with Gasteiger partial charge in [0.15, 0.2) is 0 Å². The highest BCUT2D eigenvalue weighted by molar-refractivity contribution is 5.42. The molecule has 0 radical (unpaired) electrons. The highest BCUT2D eigenvalue weighted by Gasteiger charge is 2.42. The number of ether oxygens (including phenoxy) is 1. The van der Waals surface area contributed by atoms with Gasteiger partial charge in [0.2, 0.25) is 5.88 Å². The first-order valence-corrected chi connectivity index (χ1v) is 9.41. The van der Waals surface area contributed by atoms with E-state index in [4.69, 9.17) is 4.74 Å². The fourth-order valence-electron chi connectivity index (χ4n) is 3.69. The monoisotopic (exact) mass is 372 g/mol. The van der Waals surface area contributed by atoms with Crippen molar-refractivity contribution in [3.63, 3.8) is 0 Å². The highest BCUT2D eigenvalue weighted by Crippen LogP contribution is 2.41. The molecule has 146 valence electrons. The van der Waals surface area contributed by atoms with E-state index in [1.54, 1.807) is 43.5 Å². The summed E-state index contributed by atoms with van der Waals surface area (Å²) in [6, 6.07) is 8.54. The van der Waals surface area contributed by atoms with Crippen molar-refractivity contribution in [3.05, 3.63) is 53.2 Å². The number of aliphatic hydroxyl groups is 2. The number of rotatable bonds is 6. The average Bonchev–Trinajstić information content (AvgIpc) is 2.65. The summed E-state index contributed by atoms with van der Waals surface area (Å²) in [6.07, 6.45) is 2.88. The molecule has 0 spiro atoms. The van der Waals surface area contributed by atoms with Crippen molar-refractivity contribution in [3.8, 4) is 11.6 Å². The standard InChI is InChI=1S/C21H28N2O4/c1-3-27-19-7-5-17(13-23-19)21(26,14-20(25)8-10-22-11-9-20)16-4-6-18(24)15(2)12-16/h4-7,12-13,22,24-26H,3,8-11,14H2,1-2H3. The molecule has 0 bridgehead atoms. The Hall–Kier alpha value is -2.15. The van der Waals surface area contributed by atoms with Gasteiger partial charge in [-0.15, -0.1) is 0 Å². The second kappa shape index (κ2) is 7.84. The molecule has 1 unspecified atom stereocenters. The van der Waals surface area contributed by atoms with Crippen LogP contribution in [0.2, 0.25) is 0 Å². The van der Waals surface area contributed by atoms with Crippen LogP contribution in [0.3, 0.4) is 0 Å². The minimum absolute atomic E-state index is 0.154. The number of benzene rings is 1. The molecule has 6 nitrogen and oxygen atoms in total. The zero-order valence-corrected chi connectivity index (χ0v) is 15.9. The summed E-state index contributed by atoms with van der Waals surface area (Å²) in [7, 11) is 0. The second-order valence-corrected chi connectivity index (χ2v) is 7.33. The van der Waals surface area contributed by atoms with E-state index in [0.717, 1.165) is 0 Å². The van der Waals surface area contributed by atoms with Crippen LogP contribution < -0.4 is 10.1 Å². The zero-order valence-electron chi connectivity index (χ0n) is 15.9. The molecule has 2 aromatic rings. The number of phenolic OH excluding ortho intramolecular Hbond substituents is 1. The van der Waals surface area contributed by atoms with Gasteiger partial charge in [0.1, 0.15) is 11.4 Å². The quantitative estimate of drug-likeness (QED) is 0.621. The van der Waals surface area contributed by atoms with Gasteiger partial charge in [-0.3, -0.25) is 0 Å². The molecular weight excluding hydrogens is 344 g/mol. The van der Waals surface area contributed by atoms with Crippen molar-refractivity contribution in [2.75, 3.05) is 19.7 Å². The maximum absolute atomic E-state index is 11.8. The largest absolute Gasteiger partial charge is 0.508 e. The van der Waals surface area contributed by atoms with Crippen LogP contribution >= 0.6 is 0 Å². The smallest absolute Gasteiger partial charge is 0.213 e. The number of pyridine rings is 1. The Bertz CT molecular complexity index is 772. The summed E-state index contributed by atoms with van der Waals surface area (Å²) in [6.45, 7) is 5.61. The van der Waals surface area contributed by atoms with Gasteiger partial charge in [-0.25, -0.2) is 4.98 Å². The molecule has 1 aromatic heterocycles. The van der Waals surface area contributed by atoms with E-state index in [2.05, 4.69) is 10.3 Å². The van der Waals surface area contributed by atoms with E-state index in [9.17, 15) is 15.3 Å². The zero-order chi connectivity index (χ0) is 19.5. The number of piperidine rings is 1. The van der Waals surface area contributed by atoms with Gasteiger partial charge in [0, 0.05) is 24.2 Å². The number of aromatic nitrogens is 1. The Kier molecular flexibility index (Phi) is 5.69. The van der Waals surface area contributed by atoms with E-state index >= 15 is 0 Å². The van der Waals surface area contributed by atoms with Crippen LogP contribution in [-0.4, -0.2) is 45.6 Å². The molecule has 0 amide bonds. The molecule has 1 aliphatic heterocycles. The Morgan fingerprint density at radius 3 is 2.48 bits per heavy atom.